The molecule has 0 unspecified atom stereocenters. The van der Waals surface area contributed by atoms with Crippen molar-refractivity contribution in [2.24, 2.45) is 0 Å². The molecule has 7 heteroatoms. The number of hydrogen-bond donors (Lipinski definition) is 2. The highest BCUT2D eigenvalue weighted by atomic mass is 16.4. The number of anilines is 2. The largest absolute Gasteiger partial charge is 0.406 e. The lowest BCUT2D eigenvalue weighted by atomic mass is 10.6. The van der Waals surface area contributed by atoms with E-state index in [4.69, 9.17) is 4.42 Å². The van der Waals surface area contributed by atoms with Crippen LogP contribution in [0.1, 0.15) is 18.7 Å². The van der Waals surface area contributed by atoms with Gasteiger partial charge in [-0.1, -0.05) is 5.10 Å². The van der Waals surface area contributed by atoms with Gasteiger partial charge in [-0.15, -0.1) is 5.10 Å². The average molecular weight is 232 g/mol. The zero-order chi connectivity index (χ0) is 11.5. The maximum absolute atomic E-state index is 5.39. The molecule has 0 spiro atoms. The fourth-order valence-electron chi connectivity index (χ4n) is 1.35. The Labute approximate surface area is 97.7 Å². The molecule has 7 nitrogen and oxygen atoms in total. The molecule has 0 amide bonds. The first-order chi connectivity index (χ1) is 8.40. The van der Waals surface area contributed by atoms with E-state index in [9.17, 15) is 0 Å². The summed E-state index contributed by atoms with van der Waals surface area (Å²) in [7, 11) is 0. The summed E-state index contributed by atoms with van der Waals surface area (Å²) in [5.41, 5.74) is 0. The second kappa shape index (κ2) is 4.46. The van der Waals surface area contributed by atoms with Crippen LogP contribution in [0, 0.1) is 0 Å². The summed E-state index contributed by atoms with van der Waals surface area (Å²) in [4.78, 5) is 8.00. The molecule has 0 saturated heterocycles. The Morgan fingerprint density at radius 1 is 1.24 bits per heavy atom. The number of nitrogens with zero attached hydrogens (tertiary/aromatic N) is 4. The van der Waals surface area contributed by atoms with E-state index in [0.717, 1.165) is 0 Å². The van der Waals surface area contributed by atoms with Crippen LogP contribution in [0.2, 0.25) is 0 Å². The molecule has 0 radical (unpaired) electrons. The predicted molar refractivity (Wildman–Crippen MR) is 59.5 cm³/mol. The Morgan fingerprint density at radius 3 is 2.82 bits per heavy atom. The van der Waals surface area contributed by atoms with Crippen molar-refractivity contribution in [3.05, 3.63) is 24.4 Å². The van der Waals surface area contributed by atoms with Crippen LogP contribution in [-0.4, -0.2) is 26.2 Å². The van der Waals surface area contributed by atoms with E-state index >= 15 is 0 Å². The minimum absolute atomic E-state index is 0.309. The van der Waals surface area contributed by atoms with Crippen LogP contribution < -0.4 is 10.6 Å². The number of rotatable bonds is 5. The summed E-state index contributed by atoms with van der Waals surface area (Å²) in [6, 6.07) is 2.67. The average Bonchev–Trinajstić information content (AvgIpc) is 3.09. The van der Waals surface area contributed by atoms with Crippen molar-refractivity contribution in [1.29, 1.82) is 0 Å². The van der Waals surface area contributed by atoms with E-state index in [0.29, 0.717) is 30.4 Å². The van der Waals surface area contributed by atoms with Gasteiger partial charge in [0.2, 0.25) is 11.8 Å². The van der Waals surface area contributed by atoms with Gasteiger partial charge in [-0.3, -0.25) is 5.32 Å². The molecule has 0 bridgehead atoms. The first-order valence-electron chi connectivity index (χ1n) is 5.50. The van der Waals surface area contributed by atoms with Crippen molar-refractivity contribution in [3.63, 3.8) is 0 Å². The van der Waals surface area contributed by atoms with Gasteiger partial charge in [0.05, 0.1) is 6.54 Å². The van der Waals surface area contributed by atoms with Gasteiger partial charge in [0.25, 0.3) is 0 Å². The molecule has 88 valence electrons. The highest BCUT2D eigenvalue weighted by Crippen LogP contribution is 2.19. The van der Waals surface area contributed by atoms with E-state index in [-0.39, 0.29) is 0 Å². The lowest BCUT2D eigenvalue weighted by Gasteiger charge is -1.97. The summed E-state index contributed by atoms with van der Waals surface area (Å²) in [5, 5.41) is 13.9. The Bertz CT molecular complexity index is 481. The molecule has 1 fully saturated rings. The van der Waals surface area contributed by atoms with Gasteiger partial charge in [0.1, 0.15) is 0 Å². The third-order valence-corrected chi connectivity index (χ3v) is 2.37. The monoisotopic (exact) mass is 232 g/mol. The van der Waals surface area contributed by atoms with Gasteiger partial charge in [0.15, 0.2) is 0 Å². The second-order valence-electron chi connectivity index (χ2n) is 3.85. The topological polar surface area (TPSA) is 88.8 Å². The van der Waals surface area contributed by atoms with Crippen LogP contribution in [0.5, 0.6) is 0 Å². The van der Waals surface area contributed by atoms with Crippen molar-refractivity contribution in [2.75, 3.05) is 5.32 Å². The van der Waals surface area contributed by atoms with Gasteiger partial charge in [0, 0.05) is 18.4 Å². The van der Waals surface area contributed by atoms with Gasteiger partial charge in [-0.05, 0) is 18.9 Å². The van der Waals surface area contributed by atoms with Gasteiger partial charge < -0.3 is 9.73 Å². The molecule has 2 aromatic heterocycles. The van der Waals surface area contributed by atoms with Crippen molar-refractivity contribution < 1.29 is 4.42 Å². The van der Waals surface area contributed by atoms with Gasteiger partial charge in [-0.25, -0.2) is 9.97 Å². The molecule has 17 heavy (non-hydrogen) atoms. The molecule has 0 aromatic carbocycles. The SMILES string of the molecule is c1cnc(Nc2nnc(CNC3CC3)o2)nc1. The maximum atomic E-state index is 5.39. The zero-order valence-corrected chi connectivity index (χ0v) is 9.13. The van der Waals surface area contributed by atoms with Crippen LogP contribution in [0.4, 0.5) is 12.0 Å². The molecule has 2 aromatic rings. The van der Waals surface area contributed by atoms with E-state index in [2.05, 4.69) is 30.8 Å². The first kappa shape index (κ1) is 10.2. The number of hydrogen-bond acceptors (Lipinski definition) is 7. The van der Waals surface area contributed by atoms with E-state index in [1.165, 1.54) is 12.8 Å². The Balaban J connectivity index is 1.59. The van der Waals surface area contributed by atoms with Crippen LogP contribution in [0.25, 0.3) is 0 Å². The Kier molecular flexibility index (Phi) is 2.66. The Hall–Kier alpha value is -2.02. The standard InChI is InChI=1S/C10H12N6O/c1-4-11-9(12-5-1)14-10-16-15-8(17-10)6-13-7-2-3-7/h1,4-5,7,13H,2-3,6H2,(H,11,12,14,16). The van der Waals surface area contributed by atoms with Crippen LogP contribution in [-0.2, 0) is 6.54 Å². The predicted octanol–water partition coefficient (Wildman–Crippen LogP) is 0.855. The smallest absolute Gasteiger partial charge is 0.322 e. The lowest BCUT2D eigenvalue weighted by Crippen LogP contribution is -2.15. The van der Waals surface area contributed by atoms with Crippen LogP contribution in [0.15, 0.2) is 22.9 Å². The summed E-state index contributed by atoms with van der Waals surface area (Å²) < 4.78 is 5.39. The van der Waals surface area contributed by atoms with Crippen molar-refractivity contribution in [1.82, 2.24) is 25.5 Å². The van der Waals surface area contributed by atoms with Gasteiger partial charge in [-0.2, -0.15) is 0 Å². The molecule has 0 atom stereocenters. The third kappa shape index (κ3) is 2.76. The summed E-state index contributed by atoms with van der Waals surface area (Å²) >= 11 is 0. The normalized spacial score (nSPS) is 14.8. The minimum Gasteiger partial charge on any atom is -0.406 e. The fraction of sp³-hybridized carbons (Fsp3) is 0.400. The molecule has 1 aliphatic rings. The van der Waals surface area contributed by atoms with Gasteiger partial charge >= 0.3 is 6.01 Å². The number of aromatic nitrogens is 4. The first-order valence-corrected chi connectivity index (χ1v) is 5.50. The molecule has 2 N–H and O–H groups in total. The highest BCUT2D eigenvalue weighted by Gasteiger charge is 2.21. The van der Waals surface area contributed by atoms with E-state index < -0.39 is 0 Å². The van der Waals surface area contributed by atoms with Crippen molar-refractivity contribution >= 4 is 12.0 Å². The van der Waals surface area contributed by atoms with Crippen LogP contribution >= 0.6 is 0 Å². The second-order valence-corrected chi connectivity index (χ2v) is 3.85. The maximum Gasteiger partial charge on any atom is 0.322 e. The lowest BCUT2D eigenvalue weighted by molar-refractivity contribution is 0.478. The third-order valence-electron chi connectivity index (χ3n) is 2.37. The molecule has 0 aliphatic heterocycles. The molecular weight excluding hydrogens is 220 g/mol. The highest BCUT2D eigenvalue weighted by molar-refractivity contribution is 5.38. The summed E-state index contributed by atoms with van der Waals surface area (Å²) in [5.74, 6) is 1.01. The van der Waals surface area contributed by atoms with E-state index in [1.807, 2.05) is 0 Å². The molecular formula is C10H12N6O. The van der Waals surface area contributed by atoms with Crippen molar-refractivity contribution in [2.45, 2.75) is 25.4 Å². The molecule has 2 heterocycles. The molecule has 1 aliphatic carbocycles. The molecule has 3 rings (SSSR count). The van der Waals surface area contributed by atoms with Crippen molar-refractivity contribution in [3.8, 4) is 0 Å². The minimum atomic E-state index is 0.309. The Morgan fingerprint density at radius 2 is 2.06 bits per heavy atom. The fourth-order valence-corrected chi connectivity index (χ4v) is 1.35. The number of nitrogens with one attached hydrogen (secondary N) is 2. The summed E-state index contributed by atoms with van der Waals surface area (Å²) in [6.07, 6.45) is 5.75. The molecule has 1 saturated carbocycles. The van der Waals surface area contributed by atoms with E-state index in [1.54, 1.807) is 18.5 Å². The quantitative estimate of drug-likeness (QED) is 0.790. The van der Waals surface area contributed by atoms with Crippen LogP contribution in [0.3, 0.4) is 0 Å². The summed E-state index contributed by atoms with van der Waals surface area (Å²) in [6.45, 7) is 0.606. The zero-order valence-electron chi connectivity index (χ0n) is 9.13.